The van der Waals surface area contributed by atoms with Crippen LogP contribution in [0.2, 0.25) is 0 Å². The molecule has 0 radical (unpaired) electrons. The van der Waals surface area contributed by atoms with Crippen molar-refractivity contribution in [2.24, 2.45) is 11.3 Å². The minimum atomic E-state index is 0.508. The van der Waals surface area contributed by atoms with Crippen molar-refractivity contribution in [1.29, 1.82) is 0 Å². The van der Waals surface area contributed by atoms with Gasteiger partial charge in [-0.25, -0.2) is 0 Å². The minimum absolute atomic E-state index is 0.508. The van der Waals surface area contributed by atoms with Crippen molar-refractivity contribution in [3.05, 3.63) is 0 Å². The predicted molar refractivity (Wildman–Crippen MR) is 87.5 cm³/mol. The molecule has 2 atom stereocenters. The van der Waals surface area contributed by atoms with Gasteiger partial charge in [-0.3, -0.25) is 4.90 Å². The van der Waals surface area contributed by atoms with Gasteiger partial charge < -0.3 is 10.1 Å². The lowest BCUT2D eigenvalue weighted by atomic mass is 9.70. The standard InChI is InChI=1S/C18H34N2O/c1-14(2)19-12-18(8-6-15(3)7-9-18)13-20-10-16-4-5-17(11-20)21-16/h14-17,19H,4-13H2,1-3H3. The van der Waals surface area contributed by atoms with Crippen LogP contribution in [0, 0.1) is 11.3 Å². The van der Waals surface area contributed by atoms with Gasteiger partial charge in [-0.2, -0.15) is 0 Å². The number of fused-ring (bicyclic) bond motifs is 2. The number of hydrogen-bond donors (Lipinski definition) is 1. The van der Waals surface area contributed by atoms with E-state index in [0.717, 1.165) is 5.92 Å². The van der Waals surface area contributed by atoms with Gasteiger partial charge in [-0.05, 0) is 37.0 Å². The van der Waals surface area contributed by atoms with Crippen molar-refractivity contribution < 1.29 is 4.74 Å². The van der Waals surface area contributed by atoms with Crippen LogP contribution in [0.5, 0.6) is 0 Å². The molecule has 1 aliphatic carbocycles. The number of likely N-dealkylation sites (tertiary alicyclic amines) is 1. The molecular weight excluding hydrogens is 260 g/mol. The number of ether oxygens (including phenoxy) is 1. The van der Waals surface area contributed by atoms with Crippen molar-refractivity contribution in [1.82, 2.24) is 10.2 Å². The van der Waals surface area contributed by atoms with Crippen LogP contribution in [0.25, 0.3) is 0 Å². The second-order valence-corrected chi connectivity index (χ2v) is 8.37. The fourth-order valence-corrected chi connectivity index (χ4v) is 4.49. The SMILES string of the molecule is CC1CCC(CNC(C)C)(CN2CC3CCC(C2)O3)CC1. The fraction of sp³-hybridized carbons (Fsp3) is 1.00. The Morgan fingerprint density at radius 3 is 2.29 bits per heavy atom. The monoisotopic (exact) mass is 294 g/mol. The molecule has 1 N–H and O–H groups in total. The van der Waals surface area contributed by atoms with Crippen LogP contribution in [0.3, 0.4) is 0 Å². The van der Waals surface area contributed by atoms with E-state index < -0.39 is 0 Å². The number of morpholine rings is 1. The highest BCUT2D eigenvalue weighted by molar-refractivity contribution is 4.93. The molecule has 2 heterocycles. The largest absolute Gasteiger partial charge is 0.372 e. The summed E-state index contributed by atoms with van der Waals surface area (Å²) in [5, 5.41) is 3.74. The summed E-state index contributed by atoms with van der Waals surface area (Å²) in [4.78, 5) is 2.73. The van der Waals surface area contributed by atoms with Crippen LogP contribution < -0.4 is 5.32 Å². The highest BCUT2D eigenvalue weighted by Gasteiger charge is 2.40. The number of rotatable bonds is 5. The zero-order valence-electron chi connectivity index (χ0n) is 14.2. The molecule has 0 spiro atoms. The zero-order chi connectivity index (χ0) is 14.9. The van der Waals surface area contributed by atoms with Gasteiger partial charge in [-0.1, -0.05) is 33.6 Å². The summed E-state index contributed by atoms with van der Waals surface area (Å²) in [5.74, 6) is 0.929. The third-order valence-electron chi connectivity index (χ3n) is 5.90. The molecule has 21 heavy (non-hydrogen) atoms. The normalized spacial score (nSPS) is 40.9. The molecule has 122 valence electrons. The highest BCUT2D eigenvalue weighted by atomic mass is 16.5. The van der Waals surface area contributed by atoms with Crippen LogP contribution in [0.4, 0.5) is 0 Å². The average molecular weight is 294 g/mol. The summed E-state index contributed by atoms with van der Waals surface area (Å²) < 4.78 is 6.01. The zero-order valence-corrected chi connectivity index (χ0v) is 14.2. The predicted octanol–water partition coefficient (Wildman–Crippen LogP) is 3.04. The first kappa shape index (κ1) is 15.8. The Morgan fingerprint density at radius 2 is 1.71 bits per heavy atom. The van der Waals surface area contributed by atoms with Crippen LogP contribution in [-0.4, -0.2) is 49.3 Å². The third kappa shape index (κ3) is 4.00. The number of hydrogen-bond acceptors (Lipinski definition) is 3. The maximum Gasteiger partial charge on any atom is 0.0707 e. The number of nitrogens with zero attached hydrogens (tertiary/aromatic N) is 1. The van der Waals surface area contributed by atoms with E-state index in [2.05, 4.69) is 31.0 Å². The summed E-state index contributed by atoms with van der Waals surface area (Å²) in [7, 11) is 0. The van der Waals surface area contributed by atoms with E-state index in [1.54, 1.807) is 0 Å². The molecule has 0 aromatic carbocycles. The van der Waals surface area contributed by atoms with Gasteiger partial charge in [0.2, 0.25) is 0 Å². The van der Waals surface area contributed by atoms with Gasteiger partial charge in [0.15, 0.2) is 0 Å². The molecule has 2 saturated heterocycles. The maximum absolute atomic E-state index is 6.01. The Bertz CT molecular complexity index is 324. The summed E-state index contributed by atoms with van der Waals surface area (Å²) in [6.07, 6.45) is 9.27. The lowest BCUT2D eigenvalue weighted by molar-refractivity contribution is -0.0556. The van der Waals surface area contributed by atoms with E-state index in [-0.39, 0.29) is 0 Å². The van der Waals surface area contributed by atoms with Crippen molar-refractivity contribution in [2.45, 2.75) is 77.5 Å². The van der Waals surface area contributed by atoms with Crippen molar-refractivity contribution in [3.63, 3.8) is 0 Å². The van der Waals surface area contributed by atoms with E-state index in [1.165, 1.54) is 64.7 Å². The van der Waals surface area contributed by atoms with E-state index in [0.29, 0.717) is 23.7 Å². The van der Waals surface area contributed by atoms with Gasteiger partial charge >= 0.3 is 0 Å². The van der Waals surface area contributed by atoms with Gasteiger partial charge in [0.25, 0.3) is 0 Å². The molecule has 2 unspecified atom stereocenters. The van der Waals surface area contributed by atoms with Crippen LogP contribution >= 0.6 is 0 Å². The Balaban J connectivity index is 1.61. The molecular formula is C18H34N2O. The van der Waals surface area contributed by atoms with Gasteiger partial charge in [0.1, 0.15) is 0 Å². The lowest BCUT2D eigenvalue weighted by Crippen LogP contribution is -2.52. The molecule has 0 aromatic heterocycles. The molecule has 3 rings (SSSR count). The second kappa shape index (κ2) is 6.55. The summed E-state index contributed by atoms with van der Waals surface area (Å²) in [6, 6.07) is 0.599. The number of nitrogens with one attached hydrogen (secondary N) is 1. The quantitative estimate of drug-likeness (QED) is 0.843. The summed E-state index contributed by atoms with van der Waals surface area (Å²) in [5.41, 5.74) is 0.508. The van der Waals surface area contributed by atoms with Crippen molar-refractivity contribution >= 4 is 0 Å². The molecule has 3 heteroatoms. The van der Waals surface area contributed by atoms with E-state index >= 15 is 0 Å². The molecule has 3 nitrogen and oxygen atoms in total. The van der Waals surface area contributed by atoms with Crippen LogP contribution in [0.15, 0.2) is 0 Å². The molecule has 2 aliphatic heterocycles. The average Bonchev–Trinajstić information content (AvgIpc) is 2.79. The Labute approximate surface area is 130 Å². The smallest absolute Gasteiger partial charge is 0.0707 e. The molecule has 1 saturated carbocycles. The molecule has 3 fully saturated rings. The van der Waals surface area contributed by atoms with E-state index in [4.69, 9.17) is 4.74 Å². The first-order chi connectivity index (χ1) is 10.0. The Morgan fingerprint density at radius 1 is 1.10 bits per heavy atom. The van der Waals surface area contributed by atoms with Gasteiger partial charge in [0, 0.05) is 32.2 Å². The van der Waals surface area contributed by atoms with E-state index in [9.17, 15) is 0 Å². The lowest BCUT2D eigenvalue weighted by Gasteiger charge is -2.45. The third-order valence-corrected chi connectivity index (χ3v) is 5.90. The molecule has 0 aromatic rings. The Hall–Kier alpha value is -0.120. The summed E-state index contributed by atoms with van der Waals surface area (Å²) in [6.45, 7) is 11.8. The van der Waals surface area contributed by atoms with Crippen molar-refractivity contribution in [2.75, 3.05) is 26.2 Å². The fourth-order valence-electron chi connectivity index (χ4n) is 4.49. The second-order valence-electron chi connectivity index (χ2n) is 8.37. The maximum atomic E-state index is 6.01. The van der Waals surface area contributed by atoms with Crippen LogP contribution in [0.1, 0.15) is 59.3 Å². The first-order valence-electron chi connectivity index (χ1n) is 9.16. The van der Waals surface area contributed by atoms with Crippen LogP contribution in [-0.2, 0) is 4.74 Å². The van der Waals surface area contributed by atoms with Gasteiger partial charge in [-0.15, -0.1) is 0 Å². The molecule has 2 bridgehead atoms. The van der Waals surface area contributed by atoms with Crippen molar-refractivity contribution in [3.8, 4) is 0 Å². The van der Waals surface area contributed by atoms with Gasteiger partial charge in [0.05, 0.1) is 12.2 Å². The van der Waals surface area contributed by atoms with E-state index in [1.807, 2.05) is 0 Å². The minimum Gasteiger partial charge on any atom is -0.372 e. The highest BCUT2D eigenvalue weighted by Crippen LogP contribution is 2.40. The first-order valence-corrected chi connectivity index (χ1v) is 9.16. The Kier molecular flexibility index (Phi) is 4.92. The summed E-state index contributed by atoms with van der Waals surface area (Å²) >= 11 is 0. The topological polar surface area (TPSA) is 24.5 Å². The molecule has 0 amide bonds. The molecule has 3 aliphatic rings.